The average Bonchev–Trinajstić information content (AvgIpc) is 3.09. The molecule has 1 amide bonds. The molecule has 0 aliphatic carbocycles. The molecule has 3 N–H and O–H groups in total. The maximum absolute atomic E-state index is 13.5. The molecule has 1 heterocycles. The van der Waals surface area contributed by atoms with Crippen LogP contribution in [0.25, 0.3) is 16.9 Å². The van der Waals surface area contributed by atoms with E-state index in [1.165, 1.54) is 24.3 Å². The van der Waals surface area contributed by atoms with E-state index >= 15 is 0 Å². The first-order valence-electron chi connectivity index (χ1n) is 10.4. The van der Waals surface area contributed by atoms with Crippen molar-refractivity contribution in [3.63, 3.8) is 0 Å². The van der Waals surface area contributed by atoms with E-state index in [0.29, 0.717) is 28.2 Å². The van der Waals surface area contributed by atoms with E-state index in [2.05, 4.69) is 5.32 Å². The van der Waals surface area contributed by atoms with Gasteiger partial charge in [0.2, 0.25) is 5.91 Å². The summed E-state index contributed by atoms with van der Waals surface area (Å²) in [5.41, 5.74) is 3.25. The molecule has 0 aliphatic heterocycles. The van der Waals surface area contributed by atoms with Gasteiger partial charge in [-0.3, -0.25) is 4.79 Å². The highest BCUT2D eigenvalue weighted by Crippen LogP contribution is 2.30. The Hall–Kier alpha value is -3.50. The standard InChI is InChI=1S/C24H25FN2O6S/c1-15-17(14-23(29)26-21(11-12-28)24(30)31)13-22(27(15)19-7-5-18(25)6-8-19)16-3-9-20(10-4-16)34(2,32)33/h3-10,13,21,28H,11-12,14H2,1-2H3,(H,26,29)(H,30,31)/t21-/m0/s1. The molecule has 34 heavy (non-hydrogen) atoms. The Morgan fingerprint density at radius 2 is 1.71 bits per heavy atom. The number of aliphatic hydroxyl groups is 1. The molecule has 1 aromatic heterocycles. The summed E-state index contributed by atoms with van der Waals surface area (Å²) in [6.45, 7) is 1.40. The fourth-order valence-corrected chi connectivity index (χ4v) is 4.28. The molecule has 3 rings (SSSR count). The summed E-state index contributed by atoms with van der Waals surface area (Å²) in [4.78, 5) is 24.0. The smallest absolute Gasteiger partial charge is 0.326 e. The average molecular weight is 489 g/mol. The van der Waals surface area contributed by atoms with E-state index in [1.54, 1.807) is 37.3 Å². The molecule has 0 spiro atoms. The lowest BCUT2D eigenvalue weighted by molar-refractivity contribution is -0.142. The molecule has 1 atom stereocenters. The third-order valence-corrected chi connectivity index (χ3v) is 6.55. The topological polar surface area (TPSA) is 126 Å². The number of hydrogen-bond donors (Lipinski definition) is 3. The Balaban J connectivity index is 2.03. The van der Waals surface area contributed by atoms with E-state index < -0.39 is 33.6 Å². The first kappa shape index (κ1) is 25.1. The lowest BCUT2D eigenvalue weighted by Crippen LogP contribution is -2.42. The highest BCUT2D eigenvalue weighted by molar-refractivity contribution is 7.90. The van der Waals surface area contributed by atoms with Gasteiger partial charge in [0.25, 0.3) is 0 Å². The molecule has 180 valence electrons. The second kappa shape index (κ2) is 10.2. The van der Waals surface area contributed by atoms with Crippen LogP contribution in [-0.2, 0) is 25.8 Å². The van der Waals surface area contributed by atoms with Gasteiger partial charge in [-0.2, -0.15) is 0 Å². The minimum absolute atomic E-state index is 0.116. The molecule has 0 saturated carbocycles. The summed E-state index contributed by atoms with van der Waals surface area (Å²) in [5.74, 6) is -2.18. The summed E-state index contributed by atoms with van der Waals surface area (Å²) >= 11 is 0. The van der Waals surface area contributed by atoms with Gasteiger partial charge in [-0.1, -0.05) is 12.1 Å². The van der Waals surface area contributed by atoms with Crippen LogP contribution in [-0.4, -0.2) is 54.0 Å². The molecule has 2 aromatic carbocycles. The number of amides is 1. The summed E-state index contributed by atoms with van der Waals surface area (Å²) in [6, 6.07) is 12.6. The van der Waals surface area contributed by atoms with Crippen LogP contribution in [0.15, 0.2) is 59.5 Å². The van der Waals surface area contributed by atoms with Crippen molar-refractivity contribution in [2.45, 2.75) is 30.7 Å². The maximum atomic E-state index is 13.5. The van der Waals surface area contributed by atoms with Gasteiger partial charge in [0.05, 0.1) is 17.0 Å². The van der Waals surface area contributed by atoms with E-state index in [1.807, 2.05) is 4.57 Å². The Kier molecular flexibility index (Phi) is 7.53. The van der Waals surface area contributed by atoms with Crippen molar-refractivity contribution in [3.05, 3.63) is 71.7 Å². The van der Waals surface area contributed by atoms with E-state index in [9.17, 15) is 27.5 Å². The first-order valence-corrected chi connectivity index (χ1v) is 12.3. The number of sulfone groups is 1. The molecular formula is C24H25FN2O6S. The molecular weight excluding hydrogens is 463 g/mol. The van der Waals surface area contributed by atoms with Crippen LogP contribution in [0.3, 0.4) is 0 Å². The van der Waals surface area contributed by atoms with Crippen molar-refractivity contribution in [2.24, 2.45) is 0 Å². The summed E-state index contributed by atoms with van der Waals surface area (Å²) in [6.07, 6.45) is 0.878. The highest BCUT2D eigenvalue weighted by Gasteiger charge is 2.22. The Labute approximate surface area is 196 Å². The molecule has 0 radical (unpaired) electrons. The van der Waals surface area contributed by atoms with Crippen molar-refractivity contribution < 1.29 is 32.6 Å². The fourth-order valence-electron chi connectivity index (χ4n) is 3.65. The number of aliphatic carboxylic acids is 1. The van der Waals surface area contributed by atoms with Crippen molar-refractivity contribution in [3.8, 4) is 16.9 Å². The number of hydrogen-bond acceptors (Lipinski definition) is 5. The van der Waals surface area contributed by atoms with E-state index in [0.717, 1.165) is 6.26 Å². The molecule has 0 aliphatic rings. The SMILES string of the molecule is Cc1c(CC(=O)N[C@@H](CCO)C(=O)O)cc(-c2ccc(S(C)(=O)=O)cc2)n1-c1ccc(F)cc1. The second-order valence-corrected chi connectivity index (χ2v) is 9.91. The number of carboxylic acid groups (broad SMARTS) is 1. The number of carbonyl (C=O) groups excluding carboxylic acids is 1. The summed E-state index contributed by atoms with van der Waals surface area (Å²) in [5, 5.41) is 20.7. The largest absolute Gasteiger partial charge is 0.480 e. The lowest BCUT2D eigenvalue weighted by atomic mass is 10.1. The van der Waals surface area contributed by atoms with Gasteiger partial charge in [0, 0.05) is 30.7 Å². The van der Waals surface area contributed by atoms with Crippen LogP contribution in [0.4, 0.5) is 4.39 Å². The van der Waals surface area contributed by atoms with Gasteiger partial charge >= 0.3 is 5.97 Å². The molecule has 10 heteroatoms. The Morgan fingerprint density at radius 3 is 2.24 bits per heavy atom. The summed E-state index contributed by atoms with van der Waals surface area (Å²) in [7, 11) is -3.38. The van der Waals surface area contributed by atoms with Crippen LogP contribution in [0.5, 0.6) is 0 Å². The number of carboxylic acids is 1. The van der Waals surface area contributed by atoms with Gasteiger partial charge in [0.15, 0.2) is 9.84 Å². The number of benzene rings is 2. The number of aliphatic hydroxyl groups excluding tert-OH is 1. The minimum atomic E-state index is -3.38. The van der Waals surface area contributed by atoms with Crippen LogP contribution >= 0.6 is 0 Å². The lowest BCUT2D eigenvalue weighted by Gasteiger charge is -2.14. The van der Waals surface area contributed by atoms with Gasteiger partial charge in [-0.25, -0.2) is 17.6 Å². The normalized spacial score (nSPS) is 12.4. The molecule has 0 unspecified atom stereocenters. The molecule has 0 fully saturated rings. The highest BCUT2D eigenvalue weighted by atomic mass is 32.2. The van der Waals surface area contributed by atoms with E-state index in [4.69, 9.17) is 5.11 Å². The minimum Gasteiger partial charge on any atom is -0.480 e. The zero-order chi connectivity index (χ0) is 25.0. The third-order valence-electron chi connectivity index (χ3n) is 5.42. The molecule has 8 nitrogen and oxygen atoms in total. The number of nitrogens with zero attached hydrogens (tertiary/aromatic N) is 1. The summed E-state index contributed by atoms with van der Waals surface area (Å²) < 4.78 is 39.0. The van der Waals surface area contributed by atoms with Crippen molar-refractivity contribution in [2.75, 3.05) is 12.9 Å². The van der Waals surface area contributed by atoms with Crippen LogP contribution in [0, 0.1) is 12.7 Å². The van der Waals surface area contributed by atoms with Crippen LogP contribution in [0.1, 0.15) is 17.7 Å². The monoisotopic (exact) mass is 488 g/mol. The van der Waals surface area contributed by atoms with Gasteiger partial charge < -0.3 is 20.1 Å². The van der Waals surface area contributed by atoms with Crippen molar-refractivity contribution in [1.82, 2.24) is 9.88 Å². The van der Waals surface area contributed by atoms with Crippen LogP contribution in [0.2, 0.25) is 0 Å². The van der Waals surface area contributed by atoms with Crippen molar-refractivity contribution >= 4 is 21.7 Å². The van der Waals surface area contributed by atoms with Crippen LogP contribution < -0.4 is 5.32 Å². The number of aromatic nitrogens is 1. The fraction of sp³-hybridized carbons (Fsp3) is 0.250. The zero-order valence-electron chi connectivity index (χ0n) is 18.7. The molecule has 0 saturated heterocycles. The Bertz CT molecular complexity index is 1300. The number of halogens is 1. The Morgan fingerprint density at radius 1 is 1.09 bits per heavy atom. The van der Waals surface area contributed by atoms with Gasteiger partial charge in [-0.15, -0.1) is 0 Å². The van der Waals surface area contributed by atoms with Gasteiger partial charge in [0.1, 0.15) is 11.9 Å². The van der Waals surface area contributed by atoms with E-state index in [-0.39, 0.29) is 24.3 Å². The van der Waals surface area contributed by atoms with Gasteiger partial charge in [-0.05, 0) is 60.5 Å². The molecule has 3 aromatic rings. The quantitative estimate of drug-likeness (QED) is 0.425. The van der Waals surface area contributed by atoms with Crippen molar-refractivity contribution in [1.29, 1.82) is 0 Å². The predicted molar refractivity (Wildman–Crippen MR) is 124 cm³/mol. The first-order chi connectivity index (χ1) is 16.0. The number of carbonyl (C=O) groups is 2. The zero-order valence-corrected chi connectivity index (χ0v) is 19.5. The second-order valence-electron chi connectivity index (χ2n) is 7.90. The third kappa shape index (κ3) is 5.70. The maximum Gasteiger partial charge on any atom is 0.326 e. The predicted octanol–water partition coefficient (Wildman–Crippen LogP) is 2.49. The molecule has 0 bridgehead atoms. The number of nitrogens with one attached hydrogen (secondary N) is 1. The number of rotatable bonds is 9.